The number of hydrogen-bond donors (Lipinski definition) is 2. The number of hydrogen-bond acceptors (Lipinski definition) is 4. The Kier molecular flexibility index (Phi) is 4.93. The van der Waals surface area contributed by atoms with Crippen LogP contribution in [0.2, 0.25) is 5.02 Å². The molecule has 3 N–H and O–H groups in total. The molecule has 0 atom stereocenters. The van der Waals surface area contributed by atoms with Crippen molar-refractivity contribution in [1.29, 1.82) is 0 Å². The summed E-state index contributed by atoms with van der Waals surface area (Å²) in [4.78, 5) is 12.0. The van der Waals surface area contributed by atoms with Crippen molar-refractivity contribution in [1.82, 2.24) is 20.1 Å². The molecular weight excluding hydrogens is 290 g/mol. The lowest BCUT2D eigenvalue weighted by Gasteiger charge is -2.06. The third-order valence-electron chi connectivity index (χ3n) is 2.77. The Bertz CT molecular complexity index is 714. The Morgan fingerprint density at radius 1 is 1.52 bits per heavy atom. The van der Waals surface area contributed by atoms with Gasteiger partial charge >= 0.3 is 0 Å². The molecule has 108 valence electrons. The molecule has 1 aromatic carbocycles. The van der Waals surface area contributed by atoms with Crippen LogP contribution >= 0.6 is 11.6 Å². The molecule has 0 unspecified atom stereocenters. The van der Waals surface area contributed by atoms with Crippen LogP contribution in [0.25, 0.3) is 0 Å². The molecule has 0 radical (unpaired) electrons. The monoisotopic (exact) mass is 303 g/mol. The second-order valence-corrected chi connectivity index (χ2v) is 4.65. The molecule has 21 heavy (non-hydrogen) atoms. The Balaban J connectivity index is 2.06. The van der Waals surface area contributed by atoms with Crippen molar-refractivity contribution < 1.29 is 4.79 Å². The van der Waals surface area contributed by atoms with E-state index in [0.717, 1.165) is 0 Å². The number of nitrogens with zero attached hydrogens (tertiary/aromatic N) is 3. The standard InChI is InChI=1S/C14H14ClN5O/c1-20-9-18-19-13(20)8-17-14(21)11-5-4-10(3-2-6-16)12(15)7-11/h4-5,7,9H,6,8,16H2,1H3,(H,17,21). The number of amides is 1. The van der Waals surface area contributed by atoms with Gasteiger partial charge in [0.15, 0.2) is 5.82 Å². The van der Waals surface area contributed by atoms with Gasteiger partial charge < -0.3 is 15.6 Å². The number of nitrogens with one attached hydrogen (secondary N) is 1. The first kappa shape index (κ1) is 15.0. The second kappa shape index (κ2) is 6.88. The third kappa shape index (κ3) is 3.81. The van der Waals surface area contributed by atoms with Crippen molar-refractivity contribution in [2.75, 3.05) is 6.54 Å². The first-order valence-electron chi connectivity index (χ1n) is 6.21. The summed E-state index contributed by atoms with van der Waals surface area (Å²) in [7, 11) is 1.81. The lowest BCUT2D eigenvalue weighted by molar-refractivity contribution is 0.0949. The summed E-state index contributed by atoms with van der Waals surface area (Å²) in [6.07, 6.45) is 1.57. The fourth-order valence-corrected chi connectivity index (χ4v) is 1.86. The van der Waals surface area contributed by atoms with Gasteiger partial charge in [-0.2, -0.15) is 0 Å². The molecule has 0 aliphatic rings. The van der Waals surface area contributed by atoms with E-state index < -0.39 is 0 Å². The maximum Gasteiger partial charge on any atom is 0.251 e. The van der Waals surface area contributed by atoms with E-state index in [-0.39, 0.29) is 12.5 Å². The van der Waals surface area contributed by atoms with E-state index >= 15 is 0 Å². The van der Waals surface area contributed by atoms with E-state index in [9.17, 15) is 4.79 Å². The van der Waals surface area contributed by atoms with Crippen LogP contribution in [0, 0.1) is 11.8 Å². The van der Waals surface area contributed by atoms with Gasteiger partial charge in [-0.25, -0.2) is 0 Å². The van der Waals surface area contributed by atoms with Crippen LogP contribution in [0.3, 0.4) is 0 Å². The molecule has 7 heteroatoms. The summed E-state index contributed by atoms with van der Waals surface area (Å²) >= 11 is 6.08. The second-order valence-electron chi connectivity index (χ2n) is 4.24. The van der Waals surface area contributed by atoms with Crippen molar-refractivity contribution in [3.63, 3.8) is 0 Å². The zero-order chi connectivity index (χ0) is 15.2. The molecule has 2 rings (SSSR count). The predicted octanol–water partition coefficient (Wildman–Crippen LogP) is 0.709. The highest BCUT2D eigenvalue weighted by Gasteiger charge is 2.09. The van der Waals surface area contributed by atoms with Gasteiger partial charge in [0.05, 0.1) is 18.1 Å². The maximum absolute atomic E-state index is 12.0. The summed E-state index contributed by atoms with van der Waals surface area (Å²) in [5.74, 6) is 5.99. The van der Waals surface area contributed by atoms with Crippen molar-refractivity contribution in [2.24, 2.45) is 12.8 Å². The molecular formula is C14H14ClN5O. The number of carbonyl (C=O) groups excluding carboxylic acids is 1. The Hall–Kier alpha value is -2.36. The van der Waals surface area contributed by atoms with E-state index in [4.69, 9.17) is 17.3 Å². The number of benzene rings is 1. The van der Waals surface area contributed by atoms with Gasteiger partial charge in [0.25, 0.3) is 5.91 Å². The molecule has 0 aliphatic carbocycles. The van der Waals surface area contributed by atoms with Gasteiger partial charge in [-0.1, -0.05) is 23.4 Å². The molecule has 0 bridgehead atoms. The SMILES string of the molecule is Cn1cnnc1CNC(=O)c1ccc(C#CCN)c(Cl)c1. The highest BCUT2D eigenvalue weighted by molar-refractivity contribution is 6.32. The van der Waals surface area contributed by atoms with Crippen LogP contribution in [0.1, 0.15) is 21.7 Å². The predicted molar refractivity (Wildman–Crippen MR) is 79.6 cm³/mol. The average molecular weight is 304 g/mol. The molecule has 0 aliphatic heterocycles. The fraction of sp³-hybridized carbons (Fsp3) is 0.214. The Morgan fingerprint density at radius 3 is 2.95 bits per heavy atom. The number of nitrogens with two attached hydrogens (primary N) is 1. The summed E-state index contributed by atoms with van der Waals surface area (Å²) in [5.41, 5.74) is 6.41. The first-order valence-corrected chi connectivity index (χ1v) is 6.59. The maximum atomic E-state index is 12.0. The van der Waals surface area contributed by atoms with Gasteiger partial charge in [0.2, 0.25) is 0 Å². The minimum absolute atomic E-state index is 0.238. The lowest BCUT2D eigenvalue weighted by Crippen LogP contribution is -2.24. The minimum Gasteiger partial charge on any atom is -0.345 e. The van der Waals surface area contributed by atoms with E-state index in [1.54, 1.807) is 29.1 Å². The Labute approximate surface area is 127 Å². The third-order valence-corrected chi connectivity index (χ3v) is 3.08. The van der Waals surface area contributed by atoms with Gasteiger partial charge in [-0.05, 0) is 18.2 Å². The molecule has 0 saturated carbocycles. The summed E-state index contributed by atoms with van der Waals surface area (Å²) in [6, 6.07) is 4.94. The fourth-order valence-electron chi connectivity index (χ4n) is 1.63. The van der Waals surface area contributed by atoms with Gasteiger partial charge in [0, 0.05) is 18.2 Å². The first-order chi connectivity index (χ1) is 10.1. The van der Waals surface area contributed by atoms with Crippen LogP contribution in [-0.4, -0.2) is 27.2 Å². The van der Waals surface area contributed by atoms with Crippen LogP contribution in [0.15, 0.2) is 24.5 Å². The van der Waals surface area contributed by atoms with Crippen molar-refractivity contribution in [3.05, 3.63) is 46.5 Å². The van der Waals surface area contributed by atoms with E-state index in [2.05, 4.69) is 27.4 Å². The number of rotatable bonds is 3. The van der Waals surface area contributed by atoms with E-state index in [1.165, 1.54) is 0 Å². The van der Waals surface area contributed by atoms with Gasteiger partial charge in [0.1, 0.15) is 6.33 Å². The molecule has 1 aromatic heterocycles. The zero-order valence-electron chi connectivity index (χ0n) is 11.4. The molecule has 1 heterocycles. The van der Waals surface area contributed by atoms with E-state index in [1.807, 2.05) is 7.05 Å². The normalized spacial score (nSPS) is 9.86. The van der Waals surface area contributed by atoms with Crippen LogP contribution in [-0.2, 0) is 13.6 Å². The number of carbonyl (C=O) groups is 1. The molecule has 0 saturated heterocycles. The minimum atomic E-state index is -0.238. The largest absolute Gasteiger partial charge is 0.345 e. The highest BCUT2D eigenvalue weighted by atomic mass is 35.5. The van der Waals surface area contributed by atoms with Gasteiger partial charge in [-0.3, -0.25) is 4.79 Å². The van der Waals surface area contributed by atoms with Crippen molar-refractivity contribution in [2.45, 2.75) is 6.54 Å². The van der Waals surface area contributed by atoms with E-state index in [0.29, 0.717) is 28.5 Å². The molecule has 2 aromatic rings. The smallest absolute Gasteiger partial charge is 0.251 e. The van der Waals surface area contributed by atoms with Crippen LogP contribution < -0.4 is 11.1 Å². The van der Waals surface area contributed by atoms with Crippen LogP contribution in [0.5, 0.6) is 0 Å². The summed E-state index contributed by atoms with van der Waals surface area (Å²) in [5, 5.41) is 10.8. The number of aryl methyl sites for hydroxylation is 1. The van der Waals surface area contributed by atoms with Crippen molar-refractivity contribution >= 4 is 17.5 Å². The topological polar surface area (TPSA) is 85.8 Å². The average Bonchev–Trinajstić information content (AvgIpc) is 2.88. The molecule has 0 spiro atoms. The zero-order valence-corrected chi connectivity index (χ0v) is 12.2. The summed E-state index contributed by atoms with van der Waals surface area (Å²) in [6.45, 7) is 0.554. The van der Waals surface area contributed by atoms with Crippen molar-refractivity contribution in [3.8, 4) is 11.8 Å². The Morgan fingerprint density at radius 2 is 2.33 bits per heavy atom. The lowest BCUT2D eigenvalue weighted by atomic mass is 10.1. The highest BCUT2D eigenvalue weighted by Crippen LogP contribution is 2.17. The quantitative estimate of drug-likeness (QED) is 0.818. The molecule has 0 fully saturated rings. The molecule has 6 nitrogen and oxygen atoms in total. The number of aromatic nitrogens is 3. The summed E-state index contributed by atoms with van der Waals surface area (Å²) < 4.78 is 1.73. The molecule has 1 amide bonds. The number of halogens is 1. The van der Waals surface area contributed by atoms with Crippen LogP contribution in [0.4, 0.5) is 0 Å². The van der Waals surface area contributed by atoms with Gasteiger partial charge in [-0.15, -0.1) is 10.2 Å².